The maximum Gasteiger partial charge on any atom is 0.0845 e. The summed E-state index contributed by atoms with van der Waals surface area (Å²) in [6.45, 7) is 4.42. The van der Waals surface area contributed by atoms with Gasteiger partial charge in [0.25, 0.3) is 0 Å². The molecule has 0 aliphatic rings. The molecule has 1 N–H and O–H groups in total. The summed E-state index contributed by atoms with van der Waals surface area (Å²) in [6, 6.07) is 9.10. The van der Waals surface area contributed by atoms with E-state index in [-0.39, 0.29) is 6.04 Å². The zero-order valence-electron chi connectivity index (χ0n) is 12.1. The first-order valence-corrected chi connectivity index (χ1v) is 6.72. The number of hydrogen-bond donors (Lipinski definition) is 1. The zero-order chi connectivity index (χ0) is 13.8. The van der Waals surface area contributed by atoms with Crippen molar-refractivity contribution in [2.24, 2.45) is 7.05 Å². The minimum absolute atomic E-state index is 0.276. The van der Waals surface area contributed by atoms with Crippen LogP contribution in [0.1, 0.15) is 42.6 Å². The molecule has 0 aliphatic heterocycles. The topological polar surface area (TPSA) is 42.7 Å². The number of rotatable bonds is 5. The lowest BCUT2D eigenvalue weighted by molar-refractivity contribution is 0.583. The van der Waals surface area contributed by atoms with Gasteiger partial charge in [-0.15, -0.1) is 5.10 Å². The van der Waals surface area contributed by atoms with Gasteiger partial charge in [0.05, 0.1) is 5.69 Å². The van der Waals surface area contributed by atoms with Crippen LogP contribution in [-0.2, 0) is 13.5 Å². The number of nitrogens with one attached hydrogen (secondary N) is 1. The lowest BCUT2D eigenvalue weighted by Gasteiger charge is -2.16. The van der Waals surface area contributed by atoms with Gasteiger partial charge in [-0.25, -0.2) is 0 Å². The first-order chi connectivity index (χ1) is 9.10. The largest absolute Gasteiger partial charge is 0.313 e. The first kappa shape index (κ1) is 13.7. The molecule has 1 aromatic heterocycles. The van der Waals surface area contributed by atoms with Crippen LogP contribution in [0, 0.1) is 0 Å². The molecule has 4 nitrogen and oxygen atoms in total. The van der Waals surface area contributed by atoms with Crippen LogP contribution in [0.3, 0.4) is 0 Å². The highest BCUT2D eigenvalue weighted by Crippen LogP contribution is 2.20. The van der Waals surface area contributed by atoms with Gasteiger partial charge in [0.1, 0.15) is 0 Å². The van der Waals surface area contributed by atoms with Crippen LogP contribution >= 0.6 is 0 Å². The second kappa shape index (κ2) is 5.97. The third-order valence-electron chi connectivity index (χ3n) is 3.42. The predicted octanol–water partition coefficient (Wildman–Crippen LogP) is 2.44. The summed E-state index contributed by atoms with van der Waals surface area (Å²) in [7, 11) is 3.87. The summed E-state index contributed by atoms with van der Waals surface area (Å²) >= 11 is 0. The highest BCUT2D eigenvalue weighted by Gasteiger charge is 2.12. The Balaban J connectivity index is 2.12. The van der Waals surface area contributed by atoms with Crippen molar-refractivity contribution in [3.05, 3.63) is 47.3 Å². The zero-order valence-corrected chi connectivity index (χ0v) is 12.1. The van der Waals surface area contributed by atoms with Crippen LogP contribution in [0.4, 0.5) is 0 Å². The molecule has 2 aromatic rings. The fraction of sp³-hybridized carbons (Fsp3) is 0.467. The van der Waals surface area contributed by atoms with Gasteiger partial charge < -0.3 is 5.32 Å². The molecule has 1 aromatic carbocycles. The van der Waals surface area contributed by atoms with Gasteiger partial charge >= 0.3 is 0 Å². The average Bonchev–Trinajstić information content (AvgIpc) is 2.81. The molecule has 0 radical (unpaired) electrons. The van der Waals surface area contributed by atoms with Gasteiger partial charge in [-0.1, -0.05) is 43.3 Å². The maximum atomic E-state index is 4.15. The Kier molecular flexibility index (Phi) is 4.32. The summed E-state index contributed by atoms with van der Waals surface area (Å²) in [5, 5.41) is 11.5. The van der Waals surface area contributed by atoms with Gasteiger partial charge in [0.15, 0.2) is 0 Å². The standard InChI is InChI=1S/C15H22N4/c1-11(2)12-5-7-13(8-6-12)15(16-3)9-14-10-19(4)18-17-14/h5-8,10-11,15-16H,9H2,1-4H3. The van der Waals surface area contributed by atoms with E-state index in [0.717, 1.165) is 12.1 Å². The van der Waals surface area contributed by atoms with Crippen molar-refractivity contribution < 1.29 is 0 Å². The summed E-state index contributed by atoms with van der Waals surface area (Å²) in [6.07, 6.45) is 2.82. The van der Waals surface area contributed by atoms with Gasteiger partial charge in [0.2, 0.25) is 0 Å². The van der Waals surface area contributed by atoms with E-state index in [4.69, 9.17) is 0 Å². The second-order valence-electron chi connectivity index (χ2n) is 5.25. The minimum Gasteiger partial charge on any atom is -0.313 e. The van der Waals surface area contributed by atoms with Crippen molar-refractivity contribution in [2.75, 3.05) is 7.05 Å². The van der Waals surface area contributed by atoms with E-state index in [0.29, 0.717) is 5.92 Å². The van der Waals surface area contributed by atoms with Crippen LogP contribution in [-0.4, -0.2) is 22.0 Å². The minimum atomic E-state index is 0.276. The van der Waals surface area contributed by atoms with Gasteiger partial charge in [-0.2, -0.15) is 0 Å². The van der Waals surface area contributed by atoms with Gasteiger partial charge in [-0.05, 0) is 24.1 Å². The van der Waals surface area contributed by atoms with Crippen molar-refractivity contribution in [2.45, 2.75) is 32.2 Å². The van der Waals surface area contributed by atoms with Crippen LogP contribution < -0.4 is 5.32 Å². The van der Waals surface area contributed by atoms with Crippen LogP contribution in [0.2, 0.25) is 0 Å². The molecule has 0 amide bonds. The Morgan fingerprint density at radius 1 is 1.16 bits per heavy atom. The third kappa shape index (κ3) is 3.41. The highest BCUT2D eigenvalue weighted by molar-refractivity contribution is 5.27. The fourth-order valence-electron chi connectivity index (χ4n) is 2.20. The number of nitrogens with zero attached hydrogens (tertiary/aromatic N) is 3. The molecule has 0 saturated carbocycles. The molecule has 0 fully saturated rings. The molecule has 102 valence electrons. The number of aromatic nitrogens is 3. The van der Waals surface area contributed by atoms with Crippen molar-refractivity contribution in [3.8, 4) is 0 Å². The molecule has 0 saturated heterocycles. The quantitative estimate of drug-likeness (QED) is 0.895. The number of benzene rings is 1. The molecule has 0 aliphatic carbocycles. The Bertz CT molecular complexity index is 513. The van der Waals surface area contributed by atoms with Crippen molar-refractivity contribution in [3.63, 3.8) is 0 Å². The van der Waals surface area contributed by atoms with Gasteiger partial charge in [-0.3, -0.25) is 4.68 Å². The highest BCUT2D eigenvalue weighted by atomic mass is 15.4. The summed E-state index contributed by atoms with van der Waals surface area (Å²) in [4.78, 5) is 0. The summed E-state index contributed by atoms with van der Waals surface area (Å²) in [5.41, 5.74) is 3.67. The molecule has 1 heterocycles. The molecular formula is C15H22N4. The fourth-order valence-corrected chi connectivity index (χ4v) is 2.20. The monoisotopic (exact) mass is 258 g/mol. The summed E-state index contributed by atoms with van der Waals surface area (Å²) in [5.74, 6) is 0.571. The molecular weight excluding hydrogens is 236 g/mol. The molecule has 4 heteroatoms. The second-order valence-corrected chi connectivity index (χ2v) is 5.25. The van der Waals surface area contributed by atoms with Crippen molar-refractivity contribution in [1.29, 1.82) is 0 Å². The van der Waals surface area contributed by atoms with E-state index in [1.54, 1.807) is 4.68 Å². The van der Waals surface area contributed by atoms with Crippen LogP contribution in [0.15, 0.2) is 30.5 Å². The van der Waals surface area contributed by atoms with Crippen molar-refractivity contribution >= 4 is 0 Å². The lowest BCUT2D eigenvalue weighted by atomic mass is 9.97. The Morgan fingerprint density at radius 2 is 1.79 bits per heavy atom. The summed E-state index contributed by atoms with van der Waals surface area (Å²) < 4.78 is 1.74. The van der Waals surface area contributed by atoms with E-state index < -0.39 is 0 Å². The van der Waals surface area contributed by atoms with E-state index in [1.807, 2.05) is 20.3 Å². The smallest absolute Gasteiger partial charge is 0.0845 e. The first-order valence-electron chi connectivity index (χ1n) is 6.72. The van der Waals surface area contributed by atoms with E-state index >= 15 is 0 Å². The number of aryl methyl sites for hydroxylation is 1. The number of likely N-dealkylation sites (N-methyl/N-ethyl adjacent to an activating group) is 1. The van der Waals surface area contributed by atoms with Crippen LogP contribution in [0.5, 0.6) is 0 Å². The molecule has 2 rings (SSSR count). The Labute approximate surface area is 114 Å². The molecule has 0 spiro atoms. The average molecular weight is 258 g/mol. The molecule has 1 atom stereocenters. The molecule has 1 unspecified atom stereocenters. The Morgan fingerprint density at radius 3 is 2.26 bits per heavy atom. The number of hydrogen-bond acceptors (Lipinski definition) is 3. The third-order valence-corrected chi connectivity index (χ3v) is 3.42. The SMILES string of the molecule is CNC(Cc1cn(C)nn1)c1ccc(C(C)C)cc1. The van der Waals surface area contributed by atoms with E-state index in [2.05, 4.69) is 53.7 Å². The normalized spacial score (nSPS) is 12.9. The lowest BCUT2D eigenvalue weighted by Crippen LogP contribution is -2.19. The van der Waals surface area contributed by atoms with Crippen LogP contribution in [0.25, 0.3) is 0 Å². The molecule has 19 heavy (non-hydrogen) atoms. The molecule has 0 bridgehead atoms. The predicted molar refractivity (Wildman–Crippen MR) is 77.0 cm³/mol. The Hall–Kier alpha value is -1.68. The van der Waals surface area contributed by atoms with Gasteiger partial charge in [0, 0.05) is 25.7 Å². The maximum absolute atomic E-state index is 4.15. The van der Waals surface area contributed by atoms with E-state index in [9.17, 15) is 0 Å². The van der Waals surface area contributed by atoms with E-state index in [1.165, 1.54) is 11.1 Å². The van der Waals surface area contributed by atoms with Crippen molar-refractivity contribution in [1.82, 2.24) is 20.3 Å².